The van der Waals surface area contributed by atoms with Crippen LogP contribution in [-0.2, 0) is 16.0 Å². The molecule has 1 saturated heterocycles. The molecular formula is C18H28ClN3O2. The average Bonchev–Trinajstić information content (AvgIpc) is 2.54. The Kier molecular flexibility index (Phi) is 8.79. The average molecular weight is 354 g/mol. The highest BCUT2D eigenvalue weighted by Crippen LogP contribution is 2.07. The van der Waals surface area contributed by atoms with Crippen LogP contribution in [-0.4, -0.2) is 37.0 Å². The van der Waals surface area contributed by atoms with Crippen molar-refractivity contribution < 1.29 is 9.59 Å². The van der Waals surface area contributed by atoms with Crippen LogP contribution in [0.1, 0.15) is 32.3 Å². The lowest BCUT2D eigenvalue weighted by atomic mass is 10.0. The predicted molar refractivity (Wildman–Crippen MR) is 98.2 cm³/mol. The third-order valence-corrected chi connectivity index (χ3v) is 4.16. The van der Waals surface area contributed by atoms with Gasteiger partial charge in [0, 0.05) is 6.04 Å². The van der Waals surface area contributed by atoms with Gasteiger partial charge in [-0.25, -0.2) is 0 Å². The highest BCUT2D eigenvalue weighted by molar-refractivity contribution is 5.88. The largest absolute Gasteiger partial charge is 0.351 e. The van der Waals surface area contributed by atoms with Gasteiger partial charge in [-0.15, -0.1) is 12.4 Å². The van der Waals surface area contributed by atoms with Gasteiger partial charge in [0.15, 0.2) is 0 Å². The van der Waals surface area contributed by atoms with Gasteiger partial charge in [-0.05, 0) is 37.4 Å². The van der Waals surface area contributed by atoms with Crippen LogP contribution in [0, 0.1) is 5.92 Å². The molecule has 5 nitrogen and oxygen atoms in total. The summed E-state index contributed by atoms with van der Waals surface area (Å²) in [5, 5.41) is 9.24. The molecule has 6 heteroatoms. The Balaban J connectivity index is 0.00000288. The monoisotopic (exact) mass is 353 g/mol. The molecule has 24 heavy (non-hydrogen) atoms. The molecule has 134 valence electrons. The number of nitrogens with one attached hydrogen (secondary N) is 3. The molecule has 2 amide bonds. The van der Waals surface area contributed by atoms with Gasteiger partial charge in [-0.2, -0.15) is 0 Å². The van der Waals surface area contributed by atoms with E-state index in [1.807, 2.05) is 44.2 Å². The van der Waals surface area contributed by atoms with E-state index in [1.165, 1.54) is 0 Å². The summed E-state index contributed by atoms with van der Waals surface area (Å²) >= 11 is 0. The number of halogens is 1. The number of rotatable bonds is 6. The summed E-state index contributed by atoms with van der Waals surface area (Å²) in [5.41, 5.74) is 0.950. The van der Waals surface area contributed by atoms with Crippen LogP contribution in [0.2, 0.25) is 0 Å². The van der Waals surface area contributed by atoms with Gasteiger partial charge in [-0.3, -0.25) is 9.59 Å². The lowest BCUT2D eigenvalue weighted by Crippen LogP contribution is -2.53. The minimum Gasteiger partial charge on any atom is -0.351 e. The molecule has 1 fully saturated rings. The summed E-state index contributed by atoms with van der Waals surface area (Å²) < 4.78 is 0. The summed E-state index contributed by atoms with van der Waals surface area (Å²) in [7, 11) is 0. The van der Waals surface area contributed by atoms with E-state index in [1.54, 1.807) is 0 Å². The zero-order valence-corrected chi connectivity index (χ0v) is 15.2. The predicted octanol–water partition coefficient (Wildman–Crippen LogP) is 1.66. The number of carbonyl (C=O) groups excluding carboxylic acids is 2. The Labute approximate surface area is 150 Å². The number of hydrogen-bond donors (Lipinski definition) is 3. The second-order valence-corrected chi connectivity index (χ2v) is 6.48. The van der Waals surface area contributed by atoms with Gasteiger partial charge in [0.05, 0.1) is 6.42 Å². The van der Waals surface area contributed by atoms with Gasteiger partial charge in [0.2, 0.25) is 11.8 Å². The van der Waals surface area contributed by atoms with Gasteiger partial charge < -0.3 is 16.0 Å². The van der Waals surface area contributed by atoms with Crippen molar-refractivity contribution in [2.45, 2.75) is 45.2 Å². The Morgan fingerprint density at radius 2 is 1.79 bits per heavy atom. The van der Waals surface area contributed by atoms with E-state index in [0.29, 0.717) is 6.42 Å². The maximum Gasteiger partial charge on any atom is 0.243 e. The first-order valence-corrected chi connectivity index (χ1v) is 8.40. The number of carbonyl (C=O) groups is 2. The van der Waals surface area contributed by atoms with Crippen LogP contribution < -0.4 is 16.0 Å². The standard InChI is InChI=1S/C18H27N3O2.ClH/c1-13(2)17(18(23)20-15-8-10-19-11-9-15)21-16(22)12-14-6-4-3-5-7-14;/h3-7,13,15,17,19H,8-12H2,1-2H3,(H,20,23)(H,21,22);1H. The third kappa shape index (κ3) is 6.49. The molecule has 0 radical (unpaired) electrons. The fourth-order valence-corrected chi connectivity index (χ4v) is 2.80. The number of hydrogen-bond acceptors (Lipinski definition) is 3. The van der Waals surface area contributed by atoms with Crippen molar-refractivity contribution in [1.82, 2.24) is 16.0 Å². The Hall–Kier alpha value is -1.59. The zero-order chi connectivity index (χ0) is 16.7. The van der Waals surface area contributed by atoms with Crippen LogP contribution in [0.5, 0.6) is 0 Å². The van der Waals surface area contributed by atoms with E-state index in [0.717, 1.165) is 31.5 Å². The highest BCUT2D eigenvalue weighted by Gasteiger charge is 2.26. The molecular weight excluding hydrogens is 326 g/mol. The van der Waals surface area contributed by atoms with Crippen LogP contribution >= 0.6 is 12.4 Å². The smallest absolute Gasteiger partial charge is 0.243 e. The molecule has 1 atom stereocenters. The topological polar surface area (TPSA) is 70.2 Å². The van der Waals surface area contributed by atoms with E-state index in [2.05, 4.69) is 16.0 Å². The molecule has 1 heterocycles. The second kappa shape index (κ2) is 10.3. The second-order valence-electron chi connectivity index (χ2n) is 6.48. The van der Waals surface area contributed by atoms with E-state index >= 15 is 0 Å². The number of benzene rings is 1. The van der Waals surface area contributed by atoms with Crippen molar-refractivity contribution in [3.05, 3.63) is 35.9 Å². The summed E-state index contributed by atoms with van der Waals surface area (Å²) in [6.07, 6.45) is 2.17. The maximum atomic E-state index is 12.5. The molecule has 1 aromatic carbocycles. The normalized spacial score (nSPS) is 16.1. The molecule has 1 aromatic rings. The van der Waals surface area contributed by atoms with Crippen molar-refractivity contribution >= 4 is 24.2 Å². The Morgan fingerprint density at radius 1 is 1.17 bits per heavy atom. The first-order valence-electron chi connectivity index (χ1n) is 8.40. The summed E-state index contributed by atoms with van der Waals surface area (Å²) in [6, 6.07) is 9.29. The zero-order valence-electron chi connectivity index (χ0n) is 14.4. The molecule has 0 bridgehead atoms. The minimum absolute atomic E-state index is 0. The Morgan fingerprint density at radius 3 is 2.38 bits per heavy atom. The Bertz CT molecular complexity index is 516. The van der Waals surface area contributed by atoms with Gasteiger partial charge in [0.25, 0.3) is 0 Å². The summed E-state index contributed by atoms with van der Waals surface area (Å²) in [4.78, 5) is 24.7. The fraction of sp³-hybridized carbons (Fsp3) is 0.556. The number of piperidine rings is 1. The van der Waals surface area contributed by atoms with E-state index in [-0.39, 0.29) is 36.2 Å². The van der Waals surface area contributed by atoms with Gasteiger partial charge >= 0.3 is 0 Å². The van der Waals surface area contributed by atoms with Gasteiger partial charge in [0.1, 0.15) is 6.04 Å². The van der Waals surface area contributed by atoms with Crippen LogP contribution in [0.25, 0.3) is 0 Å². The van der Waals surface area contributed by atoms with E-state index in [4.69, 9.17) is 0 Å². The van der Waals surface area contributed by atoms with E-state index in [9.17, 15) is 9.59 Å². The van der Waals surface area contributed by atoms with E-state index < -0.39 is 6.04 Å². The molecule has 2 rings (SSSR count). The molecule has 1 aliphatic heterocycles. The summed E-state index contributed by atoms with van der Waals surface area (Å²) in [6.45, 7) is 5.76. The SMILES string of the molecule is CC(C)C(NC(=O)Cc1ccccc1)C(=O)NC1CCNCC1.Cl. The van der Waals surface area contributed by atoms with Crippen LogP contribution in [0.3, 0.4) is 0 Å². The van der Waals surface area contributed by atoms with Crippen molar-refractivity contribution in [2.24, 2.45) is 5.92 Å². The molecule has 1 aliphatic rings. The van der Waals surface area contributed by atoms with Crippen molar-refractivity contribution in [2.75, 3.05) is 13.1 Å². The lowest BCUT2D eigenvalue weighted by Gasteiger charge is -2.28. The number of amides is 2. The highest BCUT2D eigenvalue weighted by atomic mass is 35.5. The maximum absolute atomic E-state index is 12.5. The van der Waals surface area contributed by atoms with Crippen molar-refractivity contribution in [3.8, 4) is 0 Å². The van der Waals surface area contributed by atoms with Crippen LogP contribution in [0.15, 0.2) is 30.3 Å². The first kappa shape index (κ1) is 20.5. The molecule has 0 aromatic heterocycles. The molecule has 0 saturated carbocycles. The first-order chi connectivity index (χ1) is 11.1. The van der Waals surface area contributed by atoms with Crippen molar-refractivity contribution in [1.29, 1.82) is 0 Å². The van der Waals surface area contributed by atoms with Crippen molar-refractivity contribution in [3.63, 3.8) is 0 Å². The van der Waals surface area contributed by atoms with Crippen LogP contribution in [0.4, 0.5) is 0 Å². The fourth-order valence-electron chi connectivity index (χ4n) is 2.80. The minimum atomic E-state index is -0.485. The third-order valence-electron chi connectivity index (χ3n) is 4.16. The lowest BCUT2D eigenvalue weighted by molar-refractivity contribution is -0.130. The molecule has 1 unspecified atom stereocenters. The molecule has 0 aliphatic carbocycles. The summed E-state index contributed by atoms with van der Waals surface area (Å²) in [5.74, 6) is -0.139. The molecule has 3 N–H and O–H groups in total. The molecule has 0 spiro atoms. The van der Waals surface area contributed by atoms with Gasteiger partial charge in [-0.1, -0.05) is 44.2 Å². The quantitative estimate of drug-likeness (QED) is 0.728.